The quantitative estimate of drug-likeness (QED) is 0.686. The van der Waals surface area contributed by atoms with E-state index in [0.29, 0.717) is 42.2 Å². The van der Waals surface area contributed by atoms with Crippen molar-refractivity contribution in [3.05, 3.63) is 40.4 Å². The fourth-order valence-corrected chi connectivity index (χ4v) is 5.95. The Morgan fingerprint density at radius 3 is 2.73 bits per heavy atom. The van der Waals surface area contributed by atoms with Crippen LogP contribution in [0.2, 0.25) is 0 Å². The Balaban J connectivity index is 0.000000821. The highest BCUT2D eigenvalue weighted by Gasteiger charge is 2.49. The van der Waals surface area contributed by atoms with Gasteiger partial charge in [-0.05, 0) is 49.7 Å². The number of aromatic nitrogens is 2. The molecule has 3 saturated heterocycles. The molecule has 0 aliphatic carbocycles. The van der Waals surface area contributed by atoms with Crippen LogP contribution in [0.4, 0.5) is 0 Å². The number of fused-ring (bicyclic) bond motifs is 5. The van der Waals surface area contributed by atoms with E-state index in [9.17, 15) is 14.4 Å². The number of amides is 2. The molecule has 0 saturated carbocycles. The summed E-state index contributed by atoms with van der Waals surface area (Å²) in [5.74, 6) is 0.788. The molecule has 0 unspecified atom stereocenters. The summed E-state index contributed by atoms with van der Waals surface area (Å²) in [5, 5.41) is 7.38. The smallest absolute Gasteiger partial charge is 0.290 e. The van der Waals surface area contributed by atoms with E-state index < -0.39 is 0 Å². The predicted molar refractivity (Wildman–Crippen MR) is 122 cm³/mol. The summed E-state index contributed by atoms with van der Waals surface area (Å²) < 4.78 is 0. The SMILES string of the molecule is CCC[C@H]1[C@H]2C[C@H](CN(C(=O)c3nc4ccccc4c(=O)[nH]3)C2)[C@@H]2CCCC(=O)N21.O=CO. The average molecular weight is 455 g/mol. The number of H-pyrrole nitrogens is 1. The van der Waals surface area contributed by atoms with E-state index >= 15 is 0 Å². The number of rotatable bonds is 3. The van der Waals surface area contributed by atoms with Crippen LogP contribution in [-0.2, 0) is 9.59 Å². The lowest BCUT2D eigenvalue weighted by molar-refractivity contribution is -0.152. The van der Waals surface area contributed by atoms with Gasteiger partial charge in [-0.25, -0.2) is 4.98 Å². The minimum atomic E-state index is -0.283. The number of benzene rings is 1. The Hall–Kier alpha value is -3.23. The molecule has 3 aliphatic heterocycles. The maximum Gasteiger partial charge on any atom is 0.290 e. The zero-order valence-electron chi connectivity index (χ0n) is 18.8. The van der Waals surface area contributed by atoms with Gasteiger partial charge in [0.2, 0.25) is 5.91 Å². The van der Waals surface area contributed by atoms with E-state index in [1.54, 1.807) is 18.2 Å². The molecule has 2 N–H and O–H groups in total. The number of hydrogen-bond acceptors (Lipinski definition) is 5. The fraction of sp³-hybridized carbons (Fsp3) is 0.542. The number of para-hydroxylation sites is 1. The Morgan fingerprint density at radius 2 is 1.97 bits per heavy atom. The minimum Gasteiger partial charge on any atom is -0.483 e. The van der Waals surface area contributed by atoms with E-state index in [1.165, 1.54) is 0 Å². The summed E-state index contributed by atoms with van der Waals surface area (Å²) in [7, 11) is 0. The number of piperidine rings is 3. The summed E-state index contributed by atoms with van der Waals surface area (Å²) in [4.78, 5) is 58.0. The lowest BCUT2D eigenvalue weighted by Crippen LogP contribution is -2.65. The van der Waals surface area contributed by atoms with Crippen molar-refractivity contribution < 1.29 is 19.5 Å². The zero-order valence-corrected chi connectivity index (χ0v) is 18.8. The van der Waals surface area contributed by atoms with Crippen LogP contribution in [0.5, 0.6) is 0 Å². The molecule has 2 bridgehead atoms. The van der Waals surface area contributed by atoms with Gasteiger partial charge in [-0.15, -0.1) is 0 Å². The van der Waals surface area contributed by atoms with Crippen molar-refractivity contribution >= 4 is 29.2 Å². The number of carbonyl (C=O) groups is 3. The molecule has 3 aliphatic rings. The van der Waals surface area contributed by atoms with Crippen molar-refractivity contribution in [3.8, 4) is 0 Å². The molecule has 4 atom stereocenters. The summed E-state index contributed by atoms with van der Waals surface area (Å²) in [6.45, 7) is 3.15. The lowest BCUT2D eigenvalue weighted by atomic mass is 9.71. The van der Waals surface area contributed by atoms with Gasteiger partial charge < -0.3 is 19.9 Å². The molecule has 9 nitrogen and oxygen atoms in total. The number of nitrogens with zero attached hydrogens (tertiary/aromatic N) is 3. The van der Waals surface area contributed by atoms with Crippen LogP contribution in [-0.4, -0.2) is 68.3 Å². The number of hydrogen-bond donors (Lipinski definition) is 2. The molecule has 4 heterocycles. The number of nitrogens with one attached hydrogen (secondary N) is 1. The molecule has 0 spiro atoms. The molecular weight excluding hydrogens is 424 g/mol. The molecule has 5 rings (SSSR count). The van der Waals surface area contributed by atoms with Crippen LogP contribution in [0.1, 0.15) is 56.1 Å². The average Bonchev–Trinajstić information content (AvgIpc) is 2.82. The first-order valence-electron chi connectivity index (χ1n) is 11.7. The molecule has 1 aromatic carbocycles. The molecular formula is C24H30N4O5. The second kappa shape index (κ2) is 9.72. The van der Waals surface area contributed by atoms with Gasteiger partial charge >= 0.3 is 0 Å². The first-order valence-corrected chi connectivity index (χ1v) is 11.7. The fourth-order valence-electron chi connectivity index (χ4n) is 5.95. The second-order valence-corrected chi connectivity index (χ2v) is 9.12. The maximum absolute atomic E-state index is 13.3. The van der Waals surface area contributed by atoms with Crippen molar-refractivity contribution in [3.63, 3.8) is 0 Å². The zero-order chi connectivity index (χ0) is 23.5. The van der Waals surface area contributed by atoms with Gasteiger partial charge in [-0.1, -0.05) is 25.5 Å². The molecule has 3 fully saturated rings. The first kappa shape index (κ1) is 22.9. The summed E-state index contributed by atoms with van der Waals surface area (Å²) in [6.07, 6.45) is 5.69. The monoisotopic (exact) mass is 454 g/mol. The first-order chi connectivity index (χ1) is 16.0. The molecule has 2 amide bonds. The third-order valence-electron chi connectivity index (χ3n) is 7.18. The van der Waals surface area contributed by atoms with Crippen molar-refractivity contribution in [1.82, 2.24) is 19.8 Å². The van der Waals surface area contributed by atoms with E-state index in [-0.39, 0.29) is 41.8 Å². The number of likely N-dealkylation sites (tertiary alicyclic amines) is 1. The van der Waals surface area contributed by atoms with Crippen LogP contribution in [0.3, 0.4) is 0 Å². The number of aromatic amines is 1. The van der Waals surface area contributed by atoms with Gasteiger partial charge in [0, 0.05) is 31.6 Å². The number of carbonyl (C=O) groups excluding carboxylic acids is 2. The second-order valence-electron chi connectivity index (χ2n) is 9.12. The van der Waals surface area contributed by atoms with Crippen LogP contribution in [0.25, 0.3) is 10.9 Å². The van der Waals surface area contributed by atoms with Gasteiger partial charge in [-0.2, -0.15) is 0 Å². The van der Waals surface area contributed by atoms with Crippen LogP contribution >= 0.6 is 0 Å². The summed E-state index contributed by atoms with van der Waals surface area (Å²) in [6, 6.07) is 7.53. The van der Waals surface area contributed by atoms with Gasteiger partial charge in [0.15, 0.2) is 5.82 Å². The van der Waals surface area contributed by atoms with Crippen molar-refractivity contribution in [2.75, 3.05) is 13.1 Å². The van der Waals surface area contributed by atoms with Crippen molar-refractivity contribution in [1.29, 1.82) is 0 Å². The normalized spacial score (nSPS) is 26.3. The predicted octanol–water partition coefficient (Wildman–Crippen LogP) is 2.27. The largest absolute Gasteiger partial charge is 0.483 e. The minimum absolute atomic E-state index is 0.113. The Morgan fingerprint density at radius 1 is 1.24 bits per heavy atom. The Labute approximate surface area is 191 Å². The van der Waals surface area contributed by atoms with Gasteiger partial charge in [0.05, 0.1) is 10.9 Å². The molecule has 2 aromatic rings. The Bertz CT molecular complexity index is 1100. The highest BCUT2D eigenvalue weighted by molar-refractivity contribution is 5.92. The lowest BCUT2D eigenvalue weighted by Gasteiger charge is -2.56. The van der Waals surface area contributed by atoms with Crippen LogP contribution in [0, 0.1) is 11.8 Å². The van der Waals surface area contributed by atoms with Gasteiger partial charge in [0.25, 0.3) is 17.9 Å². The third-order valence-corrected chi connectivity index (χ3v) is 7.18. The Kier molecular flexibility index (Phi) is 6.76. The highest BCUT2D eigenvalue weighted by atomic mass is 16.3. The topological polar surface area (TPSA) is 124 Å². The summed E-state index contributed by atoms with van der Waals surface area (Å²) >= 11 is 0. The molecule has 176 valence electrons. The standard InChI is InChI=1S/C23H28N4O3.CH2O2/c1-2-6-18-14-11-15(19-9-5-10-20(28)27(18)19)13-26(12-14)23(30)21-24-17-8-4-3-7-16(17)22(29)25-21;2-1-3/h3-4,7-8,14-15,18-19H,2,5-6,9-13H2,1H3,(H,24,25,29);1H,(H,2,3)/t14-,15+,18-,19-;/m0./s1. The maximum atomic E-state index is 13.3. The van der Waals surface area contributed by atoms with E-state index in [0.717, 1.165) is 32.1 Å². The number of carboxylic acid groups (broad SMARTS) is 1. The van der Waals surface area contributed by atoms with E-state index in [4.69, 9.17) is 9.90 Å². The molecule has 9 heteroatoms. The highest BCUT2D eigenvalue weighted by Crippen LogP contribution is 2.43. The molecule has 0 radical (unpaired) electrons. The van der Waals surface area contributed by atoms with Crippen LogP contribution < -0.4 is 5.56 Å². The van der Waals surface area contributed by atoms with E-state index in [2.05, 4.69) is 21.8 Å². The van der Waals surface area contributed by atoms with Crippen LogP contribution in [0.15, 0.2) is 29.1 Å². The summed E-state index contributed by atoms with van der Waals surface area (Å²) in [5.41, 5.74) is 0.254. The van der Waals surface area contributed by atoms with Gasteiger partial charge in [0.1, 0.15) is 0 Å². The molecule has 33 heavy (non-hydrogen) atoms. The third kappa shape index (κ3) is 4.36. The van der Waals surface area contributed by atoms with Crippen molar-refractivity contribution in [2.24, 2.45) is 11.8 Å². The van der Waals surface area contributed by atoms with Gasteiger partial charge in [-0.3, -0.25) is 19.2 Å². The van der Waals surface area contributed by atoms with E-state index in [1.807, 2.05) is 11.0 Å². The molecule has 1 aromatic heterocycles. The van der Waals surface area contributed by atoms with Crippen molar-refractivity contribution in [2.45, 2.75) is 57.5 Å².